The fourth-order valence-corrected chi connectivity index (χ4v) is 0.651. The topological polar surface area (TPSA) is 44.1 Å². The van der Waals surface area contributed by atoms with Crippen LogP contribution in [0.2, 0.25) is 0 Å². The van der Waals surface area contributed by atoms with Crippen LogP contribution in [0.25, 0.3) is 0 Å². The molecule has 0 aromatic carbocycles. The first-order chi connectivity index (χ1) is 5.79. The number of halogens is 3. The summed E-state index contributed by atoms with van der Waals surface area (Å²) >= 11 is 4.45. The molecule has 0 aliphatic carbocycles. The molecule has 72 valence electrons. The van der Waals surface area contributed by atoms with Gasteiger partial charge in [0.25, 0.3) is 5.78 Å². The summed E-state index contributed by atoms with van der Waals surface area (Å²) in [5.74, 6) is -1.69. The molecular formula is C7H7ClF2N2O. The average Bonchev–Trinajstić information content (AvgIpc) is 1.96. The number of nitrogens with zero attached hydrogens (tertiary/aromatic N) is 2. The molecule has 0 saturated heterocycles. The molecule has 0 rings (SSSR count). The average molecular weight is 209 g/mol. The van der Waals surface area contributed by atoms with Gasteiger partial charge in [-0.2, -0.15) is 14.0 Å². The zero-order valence-electron chi connectivity index (χ0n) is 7.01. The van der Waals surface area contributed by atoms with Gasteiger partial charge in [-0.3, -0.25) is 4.79 Å². The Bertz CT molecular complexity index is 275. The van der Waals surface area contributed by atoms with Gasteiger partial charge < -0.3 is 4.90 Å². The van der Waals surface area contributed by atoms with E-state index in [4.69, 9.17) is 5.26 Å². The monoisotopic (exact) mass is 208 g/mol. The summed E-state index contributed by atoms with van der Waals surface area (Å²) in [5, 5.41) is 4.33. The Morgan fingerprint density at radius 3 is 2.31 bits per heavy atom. The van der Waals surface area contributed by atoms with E-state index < -0.39 is 16.7 Å². The SMILES string of the molecule is CN(C)/C=C(/C#N)C(=O)C(F)(F)Cl. The number of hydrogen-bond acceptors (Lipinski definition) is 3. The van der Waals surface area contributed by atoms with Gasteiger partial charge >= 0.3 is 5.38 Å². The summed E-state index contributed by atoms with van der Waals surface area (Å²) in [4.78, 5) is 12.0. The summed E-state index contributed by atoms with van der Waals surface area (Å²) in [6.07, 6.45) is 0.985. The highest BCUT2D eigenvalue weighted by atomic mass is 35.5. The van der Waals surface area contributed by atoms with E-state index in [2.05, 4.69) is 11.6 Å². The fourth-order valence-electron chi connectivity index (χ4n) is 0.549. The van der Waals surface area contributed by atoms with E-state index in [9.17, 15) is 13.6 Å². The minimum Gasteiger partial charge on any atom is -0.382 e. The molecule has 6 heteroatoms. The molecule has 0 saturated carbocycles. The normalized spacial score (nSPS) is 12.2. The van der Waals surface area contributed by atoms with E-state index >= 15 is 0 Å². The van der Waals surface area contributed by atoms with Crippen molar-refractivity contribution in [2.45, 2.75) is 5.38 Å². The molecule has 0 fully saturated rings. The maximum absolute atomic E-state index is 12.2. The Kier molecular flexibility index (Phi) is 3.82. The number of rotatable bonds is 3. The second kappa shape index (κ2) is 4.19. The first kappa shape index (κ1) is 11.8. The summed E-state index contributed by atoms with van der Waals surface area (Å²) in [6.45, 7) is 0. The van der Waals surface area contributed by atoms with Crippen molar-refractivity contribution < 1.29 is 13.6 Å². The Labute approximate surface area is 79.2 Å². The maximum Gasteiger partial charge on any atom is 0.385 e. The van der Waals surface area contributed by atoms with Crippen LogP contribution in [0.4, 0.5) is 8.78 Å². The van der Waals surface area contributed by atoms with Crippen LogP contribution < -0.4 is 0 Å². The van der Waals surface area contributed by atoms with Crippen molar-refractivity contribution in [2.75, 3.05) is 14.1 Å². The lowest BCUT2D eigenvalue weighted by Gasteiger charge is -2.08. The summed E-state index contributed by atoms with van der Waals surface area (Å²) in [7, 11) is 2.99. The van der Waals surface area contributed by atoms with Crippen molar-refractivity contribution in [2.24, 2.45) is 0 Å². The molecule has 0 aliphatic heterocycles. The fraction of sp³-hybridized carbons (Fsp3) is 0.429. The third kappa shape index (κ3) is 3.85. The molecule has 0 amide bonds. The molecule has 0 unspecified atom stereocenters. The standard InChI is InChI=1S/C7H7ClF2N2O/c1-12(2)4-5(3-11)6(13)7(8,9)10/h4H,1-2H3/b5-4-. The second-order valence-corrected chi connectivity index (χ2v) is 2.92. The predicted molar refractivity (Wildman–Crippen MR) is 43.2 cm³/mol. The van der Waals surface area contributed by atoms with E-state index in [0.29, 0.717) is 0 Å². The van der Waals surface area contributed by atoms with Crippen molar-refractivity contribution in [3.8, 4) is 6.07 Å². The minimum atomic E-state index is -4.02. The van der Waals surface area contributed by atoms with Crippen LogP contribution in [0.3, 0.4) is 0 Å². The van der Waals surface area contributed by atoms with Crippen LogP contribution in [-0.2, 0) is 4.79 Å². The molecule has 0 atom stereocenters. The van der Waals surface area contributed by atoms with Crippen molar-refractivity contribution in [1.82, 2.24) is 4.90 Å². The summed E-state index contributed by atoms with van der Waals surface area (Å²) in [5.41, 5.74) is -0.676. The molecule has 0 bridgehead atoms. The molecule has 0 spiro atoms. The van der Waals surface area contributed by atoms with Crippen molar-refractivity contribution in [3.05, 3.63) is 11.8 Å². The van der Waals surface area contributed by atoms with Crippen LogP contribution >= 0.6 is 11.6 Å². The molecule has 0 radical (unpaired) electrons. The molecule has 0 aromatic heterocycles. The highest BCUT2D eigenvalue weighted by molar-refractivity contribution is 6.35. The number of carbonyl (C=O) groups is 1. The Balaban J connectivity index is 4.85. The second-order valence-electron chi connectivity index (χ2n) is 2.45. The molecule has 0 aromatic rings. The highest BCUT2D eigenvalue weighted by Gasteiger charge is 2.38. The van der Waals surface area contributed by atoms with Gasteiger partial charge in [0.05, 0.1) is 0 Å². The molecular weight excluding hydrogens is 202 g/mol. The van der Waals surface area contributed by atoms with Crippen LogP contribution in [0.1, 0.15) is 0 Å². The number of hydrogen-bond donors (Lipinski definition) is 0. The maximum atomic E-state index is 12.2. The van der Waals surface area contributed by atoms with Crippen molar-refractivity contribution in [3.63, 3.8) is 0 Å². The summed E-state index contributed by atoms with van der Waals surface area (Å²) in [6, 6.07) is 1.35. The largest absolute Gasteiger partial charge is 0.385 e. The van der Waals surface area contributed by atoms with Gasteiger partial charge in [-0.05, 0) is 11.6 Å². The van der Waals surface area contributed by atoms with Gasteiger partial charge in [0, 0.05) is 20.3 Å². The Morgan fingerprint density at radius 2 is 2.08 bits per heavy atom. The molecule has 13 heavy (non-hydrogen) atoms. The zero-order chi connectivity index (χ0) is 10.6. The van der Waals surface area contributed by atoms with Gasteiger partial charge in [0.15, 0.2) is 0 Å². The number of alkyl halides is 3. The van der Waals surface area contributed by atoms with Gasteiger partial charge in [-0.1, -0.05) is 0 Å². The van der Waals surface area contributed by atoms with E-state index in [1.54, 1.807) is 0 Å². The van der Waals surface area contributed by atoms with Crippen LogP contribution in [0.15, 0.2) is 11.8 Å². The number of allylic oxidation sites excluding steroid dienone is 1. The van der Waals surface area contributed by atoms with E-state index in [-0.39, 0.29) is 0 Å². The third-order valence-electron chi connectivity index (χ3n) is 1.01. The first-order valence-corrected chi connectivity index (χ1v) is 3.56. The number of nitriles is 1. The van der Waals surface area contributed by atoms with Crippen LogP contribution in [-0.4, -0.2) is 30.2 Å². The lowest BCUT2D eigenvalue weighted by Crippen LogP contribution is -2.24. The number of carbonyl (C=O) groups excluding carboxylic acids is 1. The molecule has 3 nitrogen and oxygen atoms in total. The van der Waals surface area contributed by atoms with Gasteiger partial charge in [0.1, 0.15) is 11.6 Å². The molecule has 0 heterocycles. The smallest absolute Gasteiger partial charge is 0.382 e. The van der Waals surface area contributed by atoms with E-state index in [0.717, 1.165) is 6.20 Å². The van der Waals surface area contributed by atoms with Crippen LogP contribution in [0, 0.1) is 11.3 Å². The van der Waals surface area contributed by atoms with Crippen LogP contribution in [0.5, 0.6) is 0 Å². The lowest BCUT2D eigenvalue weighted by atomic mass is 10.2. The minimum absolute atomic E-state index is 0.676. The third-order valence-corrected chi connectivity index (χ3v) is 1.18. The van der Waals surface area contributed by atoms with E-state index in [1.807, 2.05) is 0 Å². The van der Waals surface area contributed by atoms with Gasteiger partial charge in [0.2, 0.25) is 0 Å². The summed E-state index contributed by atoms with van der Waals surface area (Å²) < 4.78 is 24.4. The Morgan fingerprint density at radius 1 is 1.62 bits per heavy atom. The number of Topliss-reactive ketones (excluding diaryl/α,β-unsaturated/α-hetero) is 1. The highest BCUT2D eigenvalue weighted by Crippen LogP contribution is 2.23. The molecule has 0 aliphatic rings. The molecule has 0 N–H and O–H groups in total. The lowest BCUT2D eigenvalue weighted by molar-refractivity contribution is -0.128. The van der Waals surface area contributed by atoms with E-state index in [1.165, 1.54) is 25.1 Å². The Hall–Kier alpha value is -1.15. The van der Waals surface area contributed by atoms with Gasteiger partial charge in [-0.25, -0.2) is 0 Å². The van der Waals surface area contributed by atoms with Crippen molar-refractivity contribution in [1.29, 1.82) is 5.26 Å². The quantitative estimate of drug-likeness (QED) is 0.400. The van der Waals surface area contributed by atoms with Gasteiger partial charge in [-0.15, -0.1) is 0 Å². The predicted octanol–water partition coefficient (Wildman–Crippen LogP) is 1.36. The first-order valence-electron chi connectivity index (χ1n) is 3.19. The van der Waals surface area contributed by atoms with Crippen molar-refractivity contribution >= 4 is 17.4 Å². The number of ketones is 1. The zero-order valence-corrected chi connectivity index (χ0v) is 7.77.